The fraction of sp³-hybridized carbons (Fsp3) is 0.526. The molecule has 0 aliphatic heterocycles. The molecule has 124 valence electrons. The molecule has 22 heavy (non-hydrogen) atoms. The molecule has 0 saturated carbocycles. The predicted molar refractivity (Wildman–Crippen MR) is 99.2 cm³/mol. The molecule has 0 unspecified atom stereocenters. The van der Waals surface area contributed by atoms with E-state index < -0.39 is 0 Å². The highest BCUT2D eigenvalue weighted by atomic mass is 15.1. The van der Waals surface area contributed by atoms with Gasteiger partial charge in [-0.15, -0.1) is 0 Å². The zero-order valence-electron chi connectivity index (χ0n) is 14.8. The molecule has 1 aromatic carbocycles. The summed E-state index contributed by atoms with van der Waals surface area (Å²) in [6.07, 6.45) is 5.90. The normalized spacial score (nSPS) is 9.73. The van der Waals surface area contributed by atoms with E-state index in [9.17, 15) is 0 Å². The second kappa shape index (κ2) is 14.5. The Balaban J connectivity index is 0.000000360. The van der Waals surface area contributed by atoms with Crippen molar-refractivity contribution in [3.05, 3.63) is 42.6 Å². The van der Waals surface area contributed by atoms with Gasteiger partial charge in [0.25, 0.3) is 0 Å². The highest BCUT2D eigenvalue weighted by Crippen LogP contribution is 2.07. The van der Waals surface area contributed by atoms with Gasteiger partial charge in [-0.05, 0) is 45.2 Å². The van der Waals surface area contributed by atoms with Gasteiger partial charge in [-0.2, -0.15) is 0 Å². The zero-order chi connectivity index (χ0) is 16.6. The Bertz CT molecular complexity index is 401. The van der Waals surface area contributed by atoms with Crippen molar-refractivity contribution in [3.63, 3.8) is 0 Å². The molecule has 2 aromatic rings. The molecule has 0 radical (unpaired) electrons. The van der Waals surface area contributed by atoms with Crippen LogP contribution < -0.4 is 5.73 Å². The van der Waals surface area contributed by atoms with E-state index in [1.54, 1.807) is 0 Å². The van der Waals surface area contributed by atoms with Crippen molar-refractivity contribution in [2.45, 2.75) is 40.0 Å². The molecule has 0 atom stereocenters. The Morgan fingerprint density at radius 1 is 0.909 bits per heavy atom. The summed E-state index contributed by atoms with van der Waals surface area (Å²) >= 11 is 0. The summed E-state index contributed by atoms with van der Waals surface area (Å²) in [5, 5.41) is 1.20. The molecular weight excluding hydrogens is 270 g/mol. The first-order valence-corrected chi connectivity index (χ1v) is 8.41. The summed E-state index contributed by atoms with van der Waals surface area (Å²) in [4.78, 5) is 6.66. The van der Waals surface area contributed by atoms with Crippen molar-refractivity contribution in [2.24, 2.45) is 5.73 Å². The Kier molecular flexibility index (Phi) is 13.5. The maximum atomic E-state index is 4.50. The van der Waals surface area contributed by atoms with Gasteiger partial charge >= 0.3 is 0 Å². The molecule has 0 bridgehead atoms. The molecule has 3 nitrogen and oxygen atoms in total. The predicted octanol–water partition coefficient (Wildman–Crippen LogP) is 4.33. The number of para-hydroxylation sites is 1. The molecule has 3 heteroatoms. The van der Waals surface area contributed by atoms with Crippen LogP contribution in [0.25, 0.3) is 10.9 Å². The maximum Gasteiger partial charge on any atom is 0.0701 e. The van der Waals surface area contributed by atoms with E-state index in [0.717, 1.165) is 5.52 Å². The van der Waals surface area contributed by atoms with Gasteiger partial charge < -0.3 is 10.6 Å². The molecule has 2 N–H and O–H groups in total. The molecule has 0 amide bonds. The smallest absolute Gasteiger partial charge is 0.0701 e. The number of aromatic nitrogens is 1. The fourth-order valence-corrected chi connectivity index (χ4v) is 2.14. The van der Waals surface area contributed by atoms with Crippen molar-refractivity contribution >= 4 is 10.9 Å². The number of nitrogens with zero attached hydrogens (tertiary/aromatic N) is 2. The van der Waals surface area contributed by atoms with Crippen molar-refractivity contribution in [1.29, 1.82) is 0 Å². The quantitative estimate of drug-likeness (QED) is 0.808. The molecule has 2 rings (SSSR count). The Labute approximate surface area is 136 Å². The van der Waals surface area contributed by atoms with E-state index in [0.29, 0.717) is 0 Å². The van der Waals surface area contributed by atoms with Gasteiger partial charge in [-0.1, -0.05) is 57.9 Å². The van der Waals surface area contributed by atoms with Crippen molar-refractivity contribution in [3.8, 4) is 0 Å². The molecule has 0 saturated heterocycles. The number of hydrogen-bond acceptors (Lipinski definition) is 3. The SMILES string of the molecule is CCCCCN(CC)CC.CN.c1ccc2ncccc2c1. The topological polar surface area (TPSA) is 42.1 Å². The van der Waals surface area contributed by atoms with Crippen LogP contribution in [-0.4, -0.2) is 36.6 Å². The number of fused-ring (bicyclic) bond motifs is 1. The third kappa shape index (κ3) is 8.75. The first kappa shape index (κ1) is 20.6. The van der Waals surface area contributed by atoms with Crippen LogP contribution in [0.15, 0.2) is 42.6 Å². The summed E-state index contributed by atoms with van der Waals surface area (Å²) in [5.74, 6) is 0. The maximum absolute atomic E-state index is 4.50. The molecule has 0 aliphatic rings. The highest BCUT2D eigenvalue weighted by Gasteiger charge is 1.95. The van der Waals surface area contributed by atoms with E-state index in [2.05, 4.69) is 48.5 Å². The molecule has 0 aliphatic carbocycles. The number of unbranched alkanes of at least 4 members (excludes halogenated alkanes) is 2. The van der Waals surface area contributed by atoms with Gasteiger partial charge in [0.1, 0.15) is 0 Å². The number of pyridine rings is 1. The van der Waals surface area contributed by atoms with Crippen LogP contribution in [0.2, 0.25) is 0 Å². The monoisotopic (exact) mass is 303 g/mol. The second-order valence-electron chi connectivity index (χ2n) is 4.93. The van der Waals surface area contributed by atoms with Crippen molar-refractivity contribution in [1.82, 2.24) is 9.88 Å². The van der Waals surface area contributed by atoms with E-state index in [1.165, 1.54) is 51.3 Å². The van der Waals surface area contributed by atoms with Crippen LogP contribution >= 0.6 is 0 Å². The highest BCUT2D eigenvalue weighted by molar-refractivity contribution is 5.77. The van der Waals surface area contributed by atoms with Gasteiger partial charge in [-0.3, -0.25) is 4.98 Å². The van der Waals surface area contributed by atoms with Crippen molar-refractivity contribution in [2.75, 3.05) is 26.7 Å². The average molecular weight is 303 g/mol. The minimum absolute atomic E-state index is 1.06. The zero-order valence-corrected chi connectivity index (χ0v) is 14.8. The van der Waals surface area contributed by atoms with Gasteiger partial charge in [0.05, 0.1) is 5.52 Å². The van der Waals surface area contributed by atoms with Gasteiger partial charge in [-0.25, -0.2) is 0 Å². The summed E-state index contributed by atoms with van der Waals surface area (Å²) in [6, 6.07) is 12.1. The van der Waals surface area contributed by atoms with Gasteiger partial charge in [0, 0.05) is 11.6 Å². The Hall–Kier alpha value is -1.45. The Morgan fingerprint density at radius 3 is 2.14 bits per heavy atom. The number of hydrogen-bond donors (Lipinski definition) is 1. The Morgan fingerprint density at radius 2 is 1.55 bits per heavy atom. The van der Waals surface area contributed by atoms with Crippen LogP contribution in [-0.2, 0) is 0 Å². The van der Waals surface area contributed by atoms with Crippen molar-refractivity contribution < 1.29 is 0 Å². The number of benzene rings is 1. The summed E-state index contributed by atoms with van der Waals surface area (Å²) in [7, 11) is 1.50. The standard InChI is InChI=1S/C9H7N.C9H21N.CH5N/c1-2-6-9-8(4-1)5-3-7-10-9;1-4-7-8-9-10(5-2)6-3;1-2/h1-7H;4-9H2,1-3H3;2H2,1H3. The lowest BCUT2D eigenvalue weighted by atomic mass is 10.2. The van der Waals surface area contributed by atoms with Gasteiger partial charge in [0.15, 0.2) is 0 Å². The number of nitrogens with two attached hydrogens (primary N) is 1. The minimum atomic E-state index is 1.06. The largest absolute Gasteiger partial charge is 0.333 e. The van der Waals surface area contributed by atoms with Gasteiger partial charge in [0.2, 0.25) is 0 Å². The summed E-state index contributed by atoms with van der Waals surface area (Å²) < 4.78 is 0. The summed E-state index contributed by atoms with van der Waals surface area (Å²) in [5.41, 5.74) is 5.56. The third-order valence-electron chi connectivity index (χ3n) is 3.48. The lowest BCUT2D eigenvalue weighted by Crippen LogP contribution is -2.23. The summed E-state index contributed by atoms with van der Waals surface area (Å²) in [6.45, 7) is 10.4. The van der Waals surface area contributed by atoms with Crippen LogP contribution in [0.5, 0.6) is 0 Å². The molecule has 0 fully saturated rings. The molecule has 1 heterocycles. The first-order chi connectivity index (χ1) is 10.8. The fourth-order valence-electron chi connectivity index (χ4n) is 2.14. The van der Waals surface area contributed by atoms with Crippen LogP contribution in [0.4, 0.5) is 0 Å². The molecule has 1 aromatic heterocycles. The van der Waals surface area contributed by atoms with E-state index in [-0.39, 0.29) is 0 Å². The minimum Gasteiger partial charge on any atom is -0.333 e. The van der Waals surface area contributed by atoms with E-state index in [1.807, 2.05) is 30.5 Å². The second-order valence-corrected chi connectivity index (χ2v) is 4.93. The van der Waals surface area contributed by atoms with Crippen LogP contribution in [0, 0.1) is 0 Å². The van der Waals surface area contributed by atoms with Crippen LogP contribution in [0.3, 0.4) is 0 Å². The molecule has 0 spiro atoms. The van der Waals surface area contributed by atoms with Crippen LogP contribution in [0.1, 0.15) is 40.0 Å². The molecular formula is C19H33N3. The van der Waals surface area contributed by atoms with E-state index >= 15 is 0 Å². The number of rotatable bonds is 6. The third-order valence-corrected chi connectivity index (χ3v) is 3.48. The lowest BCUT2D eigenvalue weighted by molar-refractivity contribution is 0.296. The average Bonchev–Trinajstić information content (AvgIpc) is 2.61. The lowest BCUT2D eigenvalue weighted by Gasteiger charge is -2.16. The van der Waals surface area contributed by atoms with E-state index in [4.69, 9.17) is 0 Å². The first-order valence-electron chi connectivity index (χ1n) is 8.41.